The molecule has 0 aliphatic heterocycles. The van der Waals surface area contributed by atoms with Gasteiger partial charge in [0.25, 0.3) is 0 Å². The van der Waals surface area contributed by atoms with Crippen LogP contribution in [0.4, 0.5) is 0 Å². The molecule has 1 aromatic rings. The molecule has 0 aliphatic rings. The van der Waals surface area contributed by atoms with Crippen LogP contribution in [0.3, 0.4) is 0 Å². The van der Waals surface area contributed by atoms with Crippen LogP contribution in [0, 0.1) is 0 Å². The molecule has 0 bridgehead atoms. The van der Waals surface area contributed by atoms with E-state index in [1.807, 2.05) is 30.3 Å². The molecule has 0 saturated carbocycles. The first kappa shape index (κ1) is 9.62. The fraction of sp³-hybridized carbons (Fsp3) is 0. The van der Waals surface area contributed by atoms with Gasteiger partial charge in [-0.3, -0.25) is 0 Å². The maximum atomic E-state index is 9.92. The Labute approximate surface area is 76.2 Å². The van der Waals surface area contributed by atoms with Gasteiger partial charge in [0.1, 0.15) is 0 Å². The Kier molecular flexibility index (Phi) is 3.86. The van der Waals surface area contributed by atoms with Gasteiger partial charge >= 0.3 is 20.9 Å². The zero-order chi connectivity index (χ0) is 9.52. The van der Waals surface area contributed by atoms with E-state index in [-0.39, 0.29) is 0 Å². The molecular formula is C8H7NO3P+. The second-order valence-electron chi connectivity index (χ2n) is 2.12. The highest BCUT2D eigenvalue weighted by atomic mass is 31.1. The Hall–Kier alpha value is -1.47. The first-order valence-electron chi connectivity index (χ1n) is 3.50. The molecule has 4 nitrogen and oxygen atoms in total. The van der Waals surface area contributed by atoms with Gasteiger partial charge in [0.2, 0.25) is 0 Å². The molecular weight excluding hydrogens is 189 g/mol. The lowest BCUT2D eigenvalue weighted by Crippen LogP contribution is -1.92. The van der Waals surface area contributed by atoms with Gasteiger partial charge in [-0.25, -0.2) is 0 Å². The highest BCUT2D eigenvalue weighted by Gasteiger charge is 1.99. The van der Waals surface area contributed by atoms with Crippen LogP contribution >= 0.6 is 8.25 Å². The van der Waals surface area contributed by atoms with Crippen molar-refractivity contribution >= 4 is 20.9 Å². The summed E-state index contributed by atoms with van der Waals surface area (Å²) in [5.41, 5.74) is 0.878. The van der Waals surface area contributed by atoms with E-state index in [0.29, 0.717) is 0 Å². The van der Waals surface area contributed by atoms with Crippen LogP contribution in [0.5, 0.6) is 0 Å². The van der Waals surface area contributed by atoms with Gasteiger partial charge in [-0.15, -0.1) is 0 Å². The molecule has 1 atom stereocenters. The summed E-state index contributed by atoms with van der Waals surface area (Å²) in [5, 5.41) is 0. The standard InChI is InChI=1S/C8H7NO3P/c10-13(11)12-7-9-6-8-4-2-1-3-5-8/h1-7H/q+1. The second-order valence-corrected chi connectivity index (χ2v) is 2.78. The van der Waals surface area contributed by atoms with Crippen LogP contribution in [0.1, 0.15) is 5.56 Å². The lowest BCUT2D eigenvalue weighted by atomic mass is 10.2. The SMILES string of the molecule is O=[P+]([O-])OC=[N+]=Cc1ccccc1. The topological polar surface area (TPSA) is 63.5 Å². The van der Waals surface area contributed by atoms with E-state index in [1.54, 1.807) is 0 Å². The van der Waals surface area contributed by atoms with Crippen molar-refractivity contribution < 1.29 is 14.0 Å². The summed E-state index contributed by atoms with van der Waals surface area (Å²) in [6.07, 6.45) is 2.37. The highest BCUT2D eigenvalue weighted by molar-refractivity contribution is 7.31. The van der Waals surface area contributed by atoms with Gasteiger partial charge < -0.3 is 4.89 Å². The normalized spacial score (nSPS) is 9.77. The summed E-state index contributed by atoms with van der Waals surface area (Å²) in [5.74, 6) is 0. The summed E-state index contributed by atoms with van der Waals surface area (Å²) < 4.78 is 17.6. The van der Waals surface area contributed by atoms with Crippen LogP contribution in [0.15, 0.2) is 30.3 Å². The Bertz CT molecular complexity index is 344. The molecule has 0 spiro atoms. The van der Waals surface area contributed by atoms with Crippen LogP contribution in [-0.4, -0.2) is 12.6 Å². The number of hydrogen-bond acceptors (Lipinski definition) is 3. The number of rotatable bonds is 3. The number of benzene rings is 1. The van der Waals surface area contributed by atoms with Crippen molar-refractivity contribution in [1.29, 1.82) is 0 Å². The van der Waals surface area contributed by atoms with Crippen LogP contribution in [0.25, 0.3) is 0 Å². The Morgan fingerprint density at radius 2 is 2.08 bits per heavy atom. The van der Waals surface area contributed by atoms with E-state index >= 15 is 0 Å². The quantitative estimate of drug-likeness (QED) is 0.301. The molecule has 0 aromatic heterocycles. The smallest absolute Gasteiger partial charge is 0.545 e. The Morgan fingerprint density at radius 1 is 1.38 bits per heavy atom. The van der Waals surface area contributed by atoms with Gasteiger partial charge in [-0.2, -0.15) is 4.52 Å². The molecule has 13 heavy (non-hydrogen) atoms. The zero-order valence-electron chi connectivity index (χ0n) is 6.66. The second kappa shape index (κ2) is 5.22. The van der Waals surface area contributed by atoms with Gasteiger partial charge in [-0.05, 0) is 16.7 Å². The first-order chi connectivity index (χ1) is 6.29. The van der Waals surface area contributed by atoms with E-state index in [2.05, 4.69) is 9.19 Å². The van der Waals surface area contributed by atoms with Gasteiger partial charge in [-0.1, -0.05) is 22.9 Å². The van der Waals surface area contributed by atoms with Crippen molar-refractivity contribution in [1.82, 2.24) is 4.67 Å². The van der Waals surface area contributed by atoms with Crippen molar-refractivity contribution in [2.45, 2.75) is 0 Å². The molecule has 1 unspecified atom stereocenters. The van der Waals surface area contributed by atoms with Crippen LogP contribution in [0.2, 0.25) is 0 Å². The van der Waals surface area contributed by atoms with E-state index in [0.717, 1.165) is 12.0 Å². The van der Waals surface area contributed by atoms with Gasteiger partial charge in [0.15, 0.2) is 0 Å². The summed E-state index contributed by atoms with van der Waals surface area (Å²) >= 11 is 0. The van der Waals surface area contributed by atoms with Crippen molar-refractivity contribution in [3.63, 3.8) is 0 Å². The molecule has 66 valence electrons. The van der Waals surface area contributed by atoms with Crippen molar-refractivity contribution in [3.8, 4) is 0 Å². The minimum Gasteiger partial charge on any atom is -0.558 e. The summed E-state index contributed by atoms with van der Waals surface area (Å²) in [7, 11) is -2.85. The molecule has 0 fully saturated rings. The first-order valence-corrected chi connectivity index (χ1v) is 4.59. The largest absolute Gasteiger partial charge is 0.558 e. The van der Waals surface area contributed by atoms with E-state index in [1.165, 1.54) is 6.21 Å². The van der Waals surface area contributed by atoms with Gasteiger partial charge in [0, 0.05) is 0 Å². The fourth-order valence-corrected chi connectivity index (χ4v) is 0.853. The fourth-order valence-electron chi connectivity index (χ4n) is 0.721. The molecule has 0 N–H and O–H groups in total. The van der Waals surface area contributed by atoms with Crippen LogP contribution in [-0.2, 0) is 9.09 Å². The minimum absolute atomic E-state index is 0.874. The lowest BCUT2D eigenvalue weighted by molar-refractivity contribution is -0.179. The molecule has 1 rings (SSSR count). The Balaban J connectivity index is 2.59. The van der Waals surface area contributed by atoms with E-state index in [9.17, 15) is 9.46 Å². The Morgan fingerprint density at radius 3 is 2.69 bits per heavy atom. The summed E-state index contributed by atoms with van der Waals surface area (Å²) in [6.45, 7) is 0. The molecule has 1 aromatic carbocycles. The van der Waals surface area contributed by atoms with Crippen molar-refractivity contribution in [2.24, 2.45) is 0 Å². The lowest BCUT2D eigenvalue weighted by Gasteiger charge is -1.79. The molecule has 0 amide bonds. The maximum absolute atomic E-state index is 9.92. The monoisotopic (exact) mass is 196 g/mol. The summed E-state index contributed by atoms with van der Waals surface area (Å²) in [6, 6.07) is 9.28. The van der Waals surface area contributed by atoms with Crippen molar-refractivity contribution in [2.75, 3.05) is 0 Å². The van der Waals surface area contributed by atoms with E-state index in [4.69, 9.17) is 0 Å². The maximum Gasteiger partial charge on any atom is 0.545 e. The molecule has 0 radical (unpaired) electrons. The predicted octanol–water partition coefficient (Wildman–Crippen LogP) is 0.235. The molecule has 0 aliphatic carbocycles. The third kappa shape index (κ3) is 4.19. The average molecular weight is 196 g/mol. The third-order valence-electron chi connectivity index (χ3n) is 1.22. The molecule has 0 saturated heterocycles. The highest BCUT2D eigenvalue weighted by Crippen LogP contribution is 2.03. The molecule has 0 heterocycles. The number of nitrogens with zero attached hydrogens (tertiary/aromatic N) is 1. The predicted molar refractivity (Wildman–Crippen MR) is 48.5 cm³/mol. The minimum atomic E-state index is -2.85. The third-order valence-corrected chi connectivity index (χ3v) is 1.48. The van der Waals surface area contributed by atoms with Crippen LogP contribution < -0.4 is 9.56 Å². The number of hydrogen-bond donors (Lipinski definition) is 0. The molecule has 5 heteroatoms. The van der Waals surface area contributed by atoms with E-state index < -0.39 is 8.25 Å². The van der Waals surface area contributed by atoms with Gasteiger partial charge in [0.05, 0.1) is 5.56 Å². The zero-order valence-corrected chi connectivity index (χ0v) is 7.56. The summed E-state index contributed by atoms with van der Waals surface area (Å²) in [4.78, 5) is 9.92. The average Bonchev–Trinajstić information content (AvgIpc) is 2.14. The van der Waals surface area contributed by atoms with Crippen molar-refractivity contribution in [3.05, 3.63) is 35.9 Å².